The fourth-order valence-corrected chi connectivity index (χ4v) is 6.93. The second-order valence-corrected chi connectivity index (χ2v) is 13.0. The largest absolute Gasteiger partial charge is 0.147 e. The Hall–Kier alpha value is -1.96. The Morgan fingerprint density at radius 3 is 1.37 bits per heavy atom. The van der Waals surface area contributed by atoms with Gasteiger partial charge in [-0.05, 0) is 0 Å². The van der Waals surface area contributed by atoms with Crippen molar-refractivity contribution in [2.24, 2.45) is 0 Å². The molecule has 0 atom stereocenters. The minimum Gasteiger partial charge on any atom is -0.147 e. The van der Waals surface area contributed by atoms with Crippen molar-refractivity contribution in [1.82, 2.24) is 14.1 Å². The zero-order valence-corrected chi connectivity index (χ0v) is 26.7. The molecule has 0 amide bonds. The molecule has 0 saturated carbocycles. The Kier molecular flexibility index (Phi) is 10.4. The summed E-state index contributed by atoms with van der Waals surface area (Å²) in [6.45, 7) is 18.3. The van der Waals surface area contributed by atoms with Crippen molar-refractivity contribution < 1.29 is 17.5 Å². The van der Waals surface area contributed by atoms with Gasteiger partial charge in [0, 0.05) is 0 Å². The number of pyridine rings is 1. The zero-order valence-electron chi connectivity index (χ0n) is 23.6. The number of imidazole rings is 1. The van der Waals surface area contributed by atoms with Crippen molar-refractivity contribution in [2.75, 3.05) is 0 Å². The number of rotatable bonds is 7. The van der Waals surface area contributed by atoms with E-state index in [2.05, 4.69) is 113 Å². The van der Waals surface area contributed by atoms with Gasteiger partial charge in [-0.1, -0.05) is 0 Å². The maximum absolute atomic E-state index is 6.70. The molecule has 0 N–H and O–H groups in total. The van der Waals surface area contributed by atoms with E-state index in [4.69, 9.17) is 16.6 Å². The topological polar surface area (TPSA) is 22.8 Å². The van der Waals surface area contributed by atoms with Crippen LogP contribution in [0.3, 0.4) is 0 Å². The first-order valence-corrected chi connectivity index (χ1v) is 15.1. The van der Waals surface area contributed by atoms with Crippen LogP contribution in [0.4, 0.5) is 0 Å². The Morgan fingerprint density at radius 1 is 0.632 bits per heavy atom. The summed E-state index contributed by atoms with van der Waals surface area (Å²) in [6.07, 6.45) is 6.35. The van der Waals surface area contributed by atoms with Crippen molar-refractivity contribution in [1.29, 1.82) is 0 Å². The van der Waals surface area contributed by atoms with E-state index in [1.54, 1.807) is 0 Å². The van der Waals surface area contributed by atoms with Crippen LogP contribution in [0.1, 0.15) is 101 Å². The first-order chi connectivity index (χ1) is 17.6. The summed E-state index contributed by atoms with van der Waals surface area (Å²) >= 11 is 6.72. The summed E-state index contributed by atoms with van der Waals surface area (Å²) < 4.78 is 6.99. The molecule has 2 aromatic heterocycles. The standard InChI is InChI=1S/C27H36N2.C5H3ClN.ClH.Pd/c1-18(2)22-11-9-12-23(19(3)4)26(22)28-15-16-29(17-28)27-24(20(5)6)13-10-14-25(27)21(7)8;6-5-2-1-3-7-4-5;;/h9-16,18-21H,1-8H3;1-3H;1H;. The first kappa shape index (κ1) is 30.6. The van der Waals surface area contributed by atoms with Crippen molar-refractivity contribution in [3.8, 4) is 11.4 Å². The van der Waals surface area contributed by atoms with Crippen molar-refractivity contribution in [3.05, 3.63) is 98.3 Å². The molecule has 4 aromatic rings. The van der Waals surface area contributed by atoms with Gasteiger partial charge in [0.15, 0.2) is 0 Å². The fraction of sp³-hybridized carbons (Fsp3) is 0.375. The van der Waals surface area contributed by atoms with Crippen LogP contribution in [-0.2, 0) is 17.5 Å². The first-order valence-electron chi connectivity index (χ1n) is 13.2. The second kappa shape index (κ2) is 12.9. The molecule has 0 unspecified atom stereocenters. The van der Waals surface area contributed by atoms with E-state index in [0.717, 1.165) is 9.19 Å². The van der Waals surface area contributed by atoms with Gasteiger partial charge in [0.2, 0.25) is 0 Å². The van der Waals surface area contributed by atoms with Gasteiger partial charge in [-0.15, -0.1) is 12.4 Å². The molecular formula is C32H40Cl2N3Pd. The molecule has 4 rings (SSSR count). The number of hydrogen-bond donors (Lipinski definition) is 0. The Bertz CT molecular complexity index is 1330. The van der Waals surface area contributed by atoms with E-state index in [-0.39, 0.29) is 29.9 Å². The zero-order chi connectivity index (χ0) is 26.9. The molecule has 2 aromatic carbocycles. The van der Waals surface area contributed by atoms with Crippen LogP contribution in [-0.4, -0.2) is 14.1 Å². The van der Waals surface area contributed by atoms with E-state index < -0.39 is 0 Å². The summed E-state index contributed by atoms with van der Waals surface area (Å²) in [5.74, 6) is 1.60. The predicted molar refractivity (Wildman–Crippen MR) is 161 cm³/mol. The molecular weight excluding hydrogens is 604 g/mol. The van der Waals surface area contributed by atoms with Gasteiger partial charge in [0.25, 0.3) is 0 Å². The maximum Gasteiger partial charge on any atom is -0.147 e. The second-order valence-electron chi connectivity index (χ2n) is 10.8. The number of aromatic nitrogens is 3. The van der Waals surface area contributed by atoms with Gasteiger partial charge in [-0.25, -0.2) is 0 Å². The molecule has 3 nitrogen and oxygen atoms in total. The van der Waals surface area contributed by atoms with Crippen LogP contribution in [0.5, 0.6) is 0 Å². The average Bonchev–Trinajstić information content (AvgIpc) is 3.26. The summed E-state index contributed by atoms with van der Waals surface area (Å²) in [6, 6.07) is 17.4. The molecule has 207 valence electrons. The van der Waals surface area contributed by atoms with E-state index in [9.17, 15) is 0 Å². The number of hydrogen-bond acceptors (Lipinski definition) is 1. The molecule has 0 radical (unpaired) electrons. The Labute approximate surface area is 247 Å². The summed E-state index contributed by atoms with van der Waals surface area (Å²) in [5.41, 5.74) is 8.02. The smallest absolute Gasteiger partial charge is 0.147 e. The molecule has 0 aliphatic heterocycles. The van der Waals surface area contributed by atoms with Gasteiger partial charge < -0.3 is 0 Å². The van der Waals surface area contributed by atoms with Gasteiger partial charge in [0.05, 0.1) is 0 Å². The Morgan fingerprint density at radius 2 is 1.03 bits per heavy atom. The van der Waals surface area contributed by atoms with Crippen LogP contribution in [0.25, 0.3) is 11.4 Å². The van der Waals surface area contributed by atoms with Crippen molar-refractivity contribution in [2.45, 2.75) is 79.1 Å². The fourth-order valence-electron chi connectivity index (χ4n) is 4.82. The molecule has 0 fully saturated rings. The molecule has 2 heterocycles. The molecule has 0 aliphatic carbocycles. The van der Waals surface area contributed by atoms with Crippen LogP contribution >= 0.6 is 24.0 Å². The number of benzene rings is 2. The minimum absolute atomic E-state index is 0. The van der Waals surface area contributed by atoms with Gasteiger partial charge in [-0.2, -0.15) is 0 Å². The van der Waals surface area contributed by atoms with E-state index >= 15 is 0 Å². The predicted octanol–water partition coefficient (Wildman–Crippen LogP) is 9.17. The van der Waals surface area contributed by atoms with Crippen LogP contribution in [0.2, 0.25) is 5.02 Å². The summed E-state index contributed by atoms with van der Waals surface area (Å²) in [7, 11) is 0. The SMILES string of the molecule is CC(C)c1cccc(C(C)C)c1-n1ccn(-c2c(C(C)C)cccc2C(C)C)[c]1=[Pd][c]1ncccc1Cl.Cl. The normalized spacial score (nSPS) is 11.7. The summed E-state index contributed by atoms with van der Waals surface area (Å²) in [4.78, 5) is 4.72. The van der Waals surface area contributed by atoms with Crippen molar-refractivity contribution in [3.63, 3.8) is 0 Å². The van der Waals surface area contributed by atoms with E-state index in [0.29, 0.717) is 23.7 Å². The van der Waals surface area contributed by atoms with E-state index in [1.165, 1.54) is 37.5 Å². The molecule has 6 heteroatoms. The maximum atomic E-state index is 6.70. The van der Waals surface area contributed by atoms with Crippen LogP contribution in [0.15, 0.2) is 67.1 Å². The molecule has 0 saturated heterocycles. The van der Waals surface area contributed by atoms with Gasteiger partial charge in [0.1, 0.15) is 0 Å². The van der Waals surface area contributed by atoms with Gasteiger partial charge in [-0.3, -0.25) is 0 Å². The van der Waals surface area contributed by atoms with Crippen molar-refractivity contribution >= 4 is 28.2 Å². The monoisotopic (exact) mass is 642 g/mol. The Balaban J connectivity index is 0.00000400. The van der Waals surface area contributed by atoms with Gasteiger partial charge >= 0.3 is 236 Å². The minimum atomic E-state index is 0. The average molecular weight is 644 g/mol. The molecule has 0 bridgehead atoms. The third kappa shape index (κ3) is 6.10. The summed E-state index contributed by atoms with van der Waals surface area (Å²) in [5, 5.41) is 0.721. The third-order valence-electron chi connectivity index (χ3n) is 6.74. The van der Waals surface area contributed by atoms with Crippen LogP contribution in [0, 0.1) is 3.89 Å². The third-order valence-corrected chi connectivity index (χ3v) is 9.34. The molecule has 0 spiro atoms. The number of para-hydroxylation sites is 2. The number of nitrogens with zero attached hydrogens (tertiary/aromatic N) is 3. The van der Waals surface area contributed by atoms with E-state index in [1.807, 2.05) is 18.3 Å². The quantitative estimate of drug-likeness (QED) is 0.184. The van der Waals surface area contributed by atoms with Crippen LogP contribution < -0.4 is 4.17 Å². The molecule has 0 aliphatic rings. The molecule has 38 heavy (non-hydrogen) atoms. The number of halogens is 2.